The van der Waals surface area contributed by atoms with Crippen molar-refractivity contribution >= 4 is 95.0 Å². The quantitative estimate of drug-likeness (QED) is 0.164. The van der Waals surface area contributed by atoms with Gasteiger partial charge < -0.3 is 15.3 Å². The number of fused-ring (bicyclic) bond motifs is 19. The van der Waals surface area contributed by atoms with Gasteiger partial charge in [-0.3, -0.25) is 0 Å². The molecule has 14 aromatic rings. The summed E-state index contributed by atoms with van der Waals surface area (Å²) in [6.45, 7) is 22.4. The first-order chi connectivity index (χ1) is 44.6. The van der Waals surface area contributed by atoms with Gasteiger partial charge in [-0.05, 0) is 148 Å². The van der Waals surface area contributed by atoms with Gasteiger partial charge in [0, 0.05) is 45.3 Å². The largest absolute Gasteiger partial charge is 2.00 e. The second-order valence-corrected chi connectivity index (χ2v) is 31.6. The molecule has 0 saturated carbocycles. The Bertz CT molecular complexity index is 5530. The monoisotopic (exact) mass is 1290 g/mol. The van der Waals surface area contributed by atoms with Crippen LogP contribution in [0.3, 0.4) is 0 Å². The molecule has 0 amide bonds. The van der Waals surface area contributed by atoms with E-state index in [1.54, 1.807) is 34.0 Å². The van der Waals surface area contributed by atoms with Crippen molar-refractivity contribution in [1.82, 2.24) is 0 Å². The van der Waals surface area contributed by atoms with Crippen LogP contribution in [0.15, 0.2) is 206 Å². The molecule has 11 aromatic carbocycles. The number of H-pyrrole nitrogens is 3. The van der Waals surface area contributed by atoms with Gasteiger partial charge in [-0.2, -0.15) is 15.0 Å². The van der Waals surface area contributed by atoms with Gasteiger partial charge >= 0.3 is 30.4 Å². The first-order valence-corrected chi connectivity index (χ1v) is 34.5. The molecule has 0 aliphatic heterocycles. The van der Waals surface area contributed by atoms with Crippen molar-refractivity contribution in [2.75, 3.05) is 0 Å². The number of aromatic nitrogens is 3. The Morgan fingerprint density at radius 2 is 0.615 bits per heavy atom. The Morgan fingerprint density at radius 3 is 1.12 bits per heavy atom. The van der Waals surface area contributed by atoms with E-state index in [-0.39, 0.29) is 74.7 Å². The maximum absolute atomic E-state index is 13.4. The molecule has 3 aromatic heterocycles. The summed E-state index contributed by atoms with van der Waals surface area (Å²) < 4.78 is 3.60. The van der Waals surface area contributed by atoms with E-state index in [0.717, 1.165) is 70.5 Å². The van der Waals surface area contributed by atoms with Crippen molar-refractivity contribution in [1.29, 1.82) is 0 Å². The van der Waals surface area contributed by atoms with Gasteiger partial charge in [0.2, 0.25) is 16.6 Å². The fourth-order valence-corrected chi connectivity index (χ4v) is 20.0. The van der Waals surface area contributed by atoms with Gasteiger partial charge in [-0.1, -0.05) is 272 Å². The van der Waals surface area contributed by atoms with E-state index in [2.05, 4.69) is 248 Å². The van der Waals surface area contributed by atoms with Gasteiger partial charge in [0.15, 0.2) is 0 Å². The molecule has 0 unspecified atom stereocenters. The minimum atomic E-state index is -0.268. The van der Waals surface area contributed by atoms with Crippen molar-refractivity contribution in [3.05, 3.63) is 262 Å². The molecule has 12 heteroatoms. The molecular formula is C84H67Be3N3O3S3+6. The average molecular weight is 1290 g/mol. The van der Waals surface area contributed by atoms with Crippen molar-refractivity contribution < 1.29 is 30.3 Å². The summed E-state index contributed by atoms with van der Waals surface area (Å²) in [6, 6.07) is 72.1. The number of hydrogen-bond acceptors (Lipinski definition) is 6. The van der Waals surface area contributed by atoms with Crippen LogP contribution >= 0.6 is 34.0 Å². The Balaban J connectivity index is 0.000000123. The van der Waals surface area contributed by atoms with Crippen LogP contribution in [0.2, 0.25) is 0 Å². The molecule has 0 atom stereocenters. The zero-order valence-electron chi connectivity index (χ0n) is 55.7. The molecule has 5 aliphatic carbocycles. The normalized spacial score (nSPS) is 15.3. The topological polar surface area (TPSA) is 112 Å². The molecule has 0 fully saturated rings. The van der Waals surface area contributed by atoms with E-state index in [9.17, 15) is 15.3 Å². The summed E-state index contributed by atoms with van der Waals surface area (Å²) in [6.07, 6.45) is 0. The average Bonchev–Trinajstić information content (AvgIpc) is 1.54. The molecule has 6 nitrogen and oxygen atoms in total. The summed E-state index contributed by atoms with van der Waals surface area (Å²) in [4.78, 5) is 10.6. The first-order valence-electron chi connectivity index (χ1n) is 32.1. The predicted octanol–water partition coefficient (Wildman–Crippen LogP) is 17.8. The number of rotatable bonds is 3. The zero-order valence-corrected chi connectivity index (χ0v) is 58.2. The molecule has 3 heterocycles. The van der Waals surface area contributed by atoms with E-state index in [0.29, 0.717) is 0 Å². The summed E-state index contributed by atoms with van der Waals surface area (Å²) in [5.74, 6) is 0.309. The summed E-state index contributed by atoms with van der Waals surface area (Å²) in [5.41, 5.74) is 29.6. The predicted molar refractivity (Wildman–Crippen MR) is 395 cm³/mol. The second-order valence-electron chi connectivity index (χ2n) is 28.4. The van der Waals surface area contributed by atoms with E-state index in [1.807, 2.05) is 42.5 Å². The number of nitrogens with one attached hydrogen (secondary N) is 3. The van der Waals surface area contributed by atoms with Gasteiger partial charge in [0.1, 0.15) is 14.1 Å². The van der Waals surface area contributed by atoms with Crippen LogP contribution in [-0.2, 0) is 27.1 Å². The Kier molecular flexibility index (Phi) is 15.1. The fraction of sp³-hybridized carbons (Fsp3) is 0.179. The number of benzene rings is 11. The summed E-state index contributed by atoms with van der Waals surface area (Å²) in [5, 5.41) is 43.0. The second kappa shape index (κ2) is 22.5. The molecule has 0 bridgehead atoms. The molecule has 96 heavy (non-hydrogen) atoms. The van der Waals surface area contributed by atoms with Gasteiger partial charge in [-0.15, -0.1) is 0 Å². The third kappa shape index (κ3) is 9.22. The molecule has 454 valence electrons. The molecular weight excluding hydrogens is 1220 g/mol. The Labute approximate surface area is 583 Å². The van der Waals surface area contributed by atoms with E-state index in [1.165, 1.54) is 103 Å². The van der Waals surface area contributed by atoms with Gasteiger partial charge in [0.05, 0.1) is 16.7 Å². The molecule has 0 saturated heterocycles. The Morgan fingerprint density at radius 1 is 0.260 bits per heavy atom. The van der Waals surface area contributed by atoms with Crippen molar-refractivity contribution in [2.24, 2.45) is 0 Å². The molecule has 0 radical (unpaired) electrons. The van der Waals surface area contributed by atoms with E-state index in [4.69, 9.17) is 0 Å². The summed E-state index contributed by atoms with van der Waals surface area (Å²) >= 11 is 5.03. The number of thiazole rings is 3. The van der Waals surface area contributed by atoms with Crippen LogP contribution in [-0.4, -0.2) is 30.4 Å². The standard InChI is InChI=1S/2C31H25NOS.C22H17NOS.3Be/c1-30(2)22-11-7-6-10-18(22)20-15-21(26(33)16-24(20)30)29-32-25-14-13-19-17-9-5-8-12-23(17)31(3,4)27(19)28(25)34-29;1-30(2)22-11-7-5-9-17(22)19-13-21(27(33)15-24(19)30)29-32-26-14-20-18-10-6-8-12-23(18)31(3,4)25(20)16-28(26)34-29;1-22(2)16-8-4-3-7-13(16)14-11-12-15(20(24)19(14)22)21-23-17-9-5-6-10-18(17)25-21;;;/h2*5-16,33H,1-4H3;3-12,24H,1-2H3;;;/q;;;3*+2. The SMILES string of the molecule is CC1(C)c2ccccc2-c2cc(-c3[nH+]c4cc5c(cc4s3)C(C)(C)c3ccccc3-5)c([O-])cc21.CC1(C)c2ccccc2-c2cc(-c3[nH+]c4ccc5c(c4s3)C(C)(C)c3ccccc3-5)c([O-])cc21.CC1(C)c2ccccc2-c2ccc(-c3[nH+]c4ccccc4s3)c([O-])c21.[Be+2].[Be+2].[Be+2]. The molecule has 19 rings (SSSR count). The maximum Gasteiger partial charge on any atom is 2.00 e. The minimum Gasteiger partial charge on any atom is -0.872 e. The fourth-order valence-electron chi connectivity index (χ4n) is 16.5. The van der Waals surface area contributed by atoms with E-state index >= 15 is 0 Å². The van der Waals surface area contributed by atoms with Crippen LogP contribution in [0.25, 0.3) is 118 Å². The summed E-state index contributed by atoms with van der Waals surface area (Å²) in [7, 11) is 0. The number of para-hydroxylation sites is 1. The van der Waals surface area contributed by atoms with Crippen molar-refractivity contribution in [2.45, 2.75) is 96.3 Å². The molecule has 3 N–H and O–H groups in total. The van der Waals surface area contributed by atoms with Gasteiger partial charge in [0.25, 0.3) is 15.0 Å². The van der Waals surface area contributed by atoms with Crippen LogP contribution in [0, 0.1) is 0 Å². The third-order valence-corrected chi connectivity index (χ3v) is 24.7. The number of hydrogen-bond donors (Lipinski definition) is 0. The minimum absolute atomic E-state index is 0. The van der Waals surface area contributed by atoms with Crippen molar-refractivity contribution in [3.63, 3.8) is 0 Å². The zero-order chi connectivity index (χ0) is 64.0. The van der Waals surface area contributed by atoms with Gasteiger partial charge in [-0.25, -0.2) is 0 Å². The smallest absolute Gasteiger partial charge is 0.872 e. The van der Waals surface area contributed by atoms with Crippen LogP contribution in [0.1, 0.15) is 125 Å². The number of aromatic amines is 3. The van der Waals surface area contributed by atoms with Crippen molar-refractivity contribution in [3.8, 4) is 105 Å². The molecule has 0 spiro atoms. The first kappa shape index (κ1) is 64.3. The maximum atomic E-state index is 13.4. The van der Waals surface area contributed by atoms with Crippen LogP contribution in [0.4, 0.5) is 0 Å². The van der Waals surface area contributed by atoms with E-state index < -0.39 is 0 Å². The Hall–Kier alpha value is -9.00. The van der Waals surface area contributed by atoms with Crippen LogP contribution < -0.4 is 30.3 Å². The van der Waals surface area contributed by atoms with Crippen LogP contribution in [0.5, 0.6) is 17.2 Å². The molecule has 5 aliphatic rings. The third-order valence-electron chi connectivity index (χ3n) is 21.4.